The Balaban J connectivity index is 1.59. The van der Waals surface area contributed by atoms with Crippen LogP contribution < -0.4 is 10.6 Å². The van der Waals surface area contributed by atoms with Gasteiger partial charge in [-0.1, -0.05) is 17.7 Å². The molecule has 1 aromatic carbocycles. The molecule has 0 saturated heterocycles. The average Bonchev–Trinajstić information content (AvgIpc) is 3.05. The lowest BCUT2D eigenvalue weighted by molar-refractivity contribution is 0.0959. The van der Waals surface area contributed by atoms with Crippen molar-refractivity contribution >= 4 is 45.4 Å². The lowest BCUT2D eigenvalue weighted by atomic mass is 10.2. The third kappa shape index (κ3) is 3.37. The monoisotopic (exact) mass is 331 g/mol. The van der Waals surface area contributed by atoms with Crippen LogP contribution in [0.1, 0.15) is 9.67 Å². The largest absolute Gasteiger partial charge is 0.383 e. The summed E-state index contributed by atoms with van der Waals surface area (Å²) in [6.07, 6.45) is 1.74. The van der Waals surface area contributed by atoms with Crippen molar-refractivity contribution in [1.29, 1.82) is 0 Å². The van der Waals surface area contributed by atoms with E-state index in [-0.39, 0.29) is 5.91 Å². The van der Waals surface area contributed by atoms with E-state index >= 15 is 0 Å². The minimum absolute atomic E-state index is 0.0387. The fourth-order valence-electron chi connectivity index (χ4n) is 2.14. The highest BCUT2D eigenvalue weighted by atomic mass is 35.5. The maximum Gasteiger partial charge on any atom is 0.261 e. The Morgan fingerprint density at radius 1 is 1.23 bits per heavy atom. The topological polar surface area (TPSA) is 54.0 Å². The van der Waals surface area contributed by atoms with Crippen molar-refractivity contribution in [2.45, 2.75) is 0 Å². The van der Waals surface area contributed by atoms with Crippen LogP contribution in [0, 0.1) is 0 Å². The summed E-state index contributed by atoms with van der Waals surface area (Å²) in [5, 5.41) is 9.77. The molecule has 0 aliphatic heterocycles. The number of carbonyl (C=O) groups is 1. The molecule has 112 valence electrons. The molecule has 6 heteroatoms. The zero-order valence-corrected chi connectivity index (χ0v) is 13.2. The van der Waals surface area contributed by atoms with Crippen molar-refractivity contribution in [2.24, 2.45) is 0 Å². The molecule has 2 N–H and O–H groups in total. The molecule has 0 unspecified atom stereocenters. The van der Waals surface area contributed by atoms with Crippen LogP contribution in [0.2, 0.25) is 5.02 Å². The molecule has 0 aliphatic rings. The highest BCUT2D eigenvalue weighted by molar-refractivity contribution is 7.12. The number of thiophene rings is 1. The van der Waals surface area contributed by atoms with Crippen LogP contribution in [0.5, 0.6) is 0 Å². The van der Waals surface area contributed by atoms with Gasteiger partial charge in [0.05, 0.1) is 10.4 Å². The fourth-order valence-corrected chi connectivity index (χ4v) is 2.95. The van der Waals surface area contributed by atoms with Crippen molar-refractivity contribution < 1.29 is 4.79 Å². The maximum atomic E-state index is 11.8. The first-order valence-electron chi connectivity index (χ1n) is 6.84. The SMILES string of the molecule is O=C(NCCNc1ccnc2cc(Cl)ccc12)c1cccs1. The van der Waals surface area contributed by atoms with Crippen LogP contribution in [0.15, 0.2) is 48.0 Å². The number of carbonyl (C=O) groups excluding carboxylic acids is 1. The van der Waals surface area contributed by atoms with Crippen molar-refractivity contribution in [3.8, 4) is 0 Å². The molecule has 3 aromatic rings. The molecule has 0 atom stereocenters. The third-order valence-electron chi connectivity index (χ3n) is 3.18. The molecular formula is C16H14ClN3OS. The molecule has 4 nitrogen and oxygen atoms in total. The number of aromatic nitrogens is 1. The number of benzene rings is 1. The third-order valence-corrected chi connectivity index (χ3v) is 4.28. The van der Waals surface area contributed by atoms with Gasteiger partial charge >= 0.3 is 0 Å². The van der Waals surface area contributed by atoms with Crippen LogP contribution in [0.25, 0.3) is 10.9 Å². The summed E-state index contributed by atoms with van der Waals surface area (Å²) in [6.45, 7) is 1.19. The number of rotatable bonds is 5. The van der Waals surface area contributed by atoms with Crippen LogP contribution in [-0.2, 0) is 0 Å². The van der Waals surface area contributed by atoms with E-state index in [1.807, 2.05) is 41.8 Å². The summed E-state index contributed by atoms with van der Waals surface area (Å²) in [5.74, 6) is -0.0387. The summed E-state index contributed by atoms with van der Waals surface area (Å²) in [7, 11) is 0. The minimum Gasteiger partial charge on any atom is -0.383 e. The highest BCUT2D eigenvalue weighted by Gasteiger charge is 2.05. The van der Waals surface area contributed by atoms with Crippen molar-refractivity contribution in [1.82, 2.24) is 10.3 Å². The number of hydrogen-bond donors (Lipinski definition) is 2. The molecule has 22 heavy (non-hydrogen) atoms. The van der Waals surface area contributed by atoms with Crippen LogP contribution in [0.4, 0.5) is 5.69 Å². The number of halogens is 1. The van der Waals surface area contributed by atoms with Gasteiger partial charge in [-0.15, -0.1) is 11.3 Å². The van der Waals surface area contributed by atoms with E-state index in [0.29, 0.717) is 18.1 Å². The highest BCUT2D eigenvalue weighted by Crippen LogP contribution is 2.24. The predicted molar refractivity (Wildman–Crippen MR) is 91.9 cm³/mol. The maximum absolute atomic E-state index is 11.8. The molecule has 2 aromatic heterocycles. The second-order valence-electron chi connectivity index (χ2n) is 4.68. The van der Waals surface area contributed by atoms with Gasteiger partial charge in [0.25, 0.3) is 5.91 Å². The second kappa shape index (κ2) is 6.77. The van der Waals surface area contributed by atoms with Gasteiger partial charge in [0.1, 0.15) is 0 Å². The summed E-state index contributed by atoms with van der Waals surface area (Å²) in [5.41, 5.74) is 1.83. The lowest BCUT2D eigenvalue weighted by Gasteiger charge is -2.10. The molecule has 0 radical (unpaired) electrons. The number of fused-ring (bicyclic) bond motifs is 1. The van der Waals surface area contributed by atoms with Crippen molar-refractivity contribution in [2.75, 3.05) is 18.4 Å². The van der Waals surface area contributed by atoms with Crippen molar-refractivity contribution in [3.63, 3.8) is 0 Å². The van der Waals surface area contributed by atoms with E-state index in [4.69, 9.17) is 11.6 Å². The van der Waals surface area contributed by atoms with E-state index in [0.717, 1.165) is 21.5 Å². The van der Waals surface area contributed by atoms with Gasteiger partial charge < -0.3 is 10.6 Å². The molecular weight excluding hydrogens is 318 g/mol. The van der Waals surface area contributed by atoms with E-state index in [9.17, 15) is 4.79 Å². The Bertz CT molecular complexity index is 789. The van der Waals surface area contributed by atoms with Gasteiger partial charge in [-0.25, -0.2) is 0 Å². The van der Waals surface area contributed by atoms with E-state index in [1.165, 1.54) is 11.3 Å². The number of nitrogens with zero attached hydrogens (tertiary/aromatic N) is 1. The Labute approximate surface area is 137 Å². The Morgan fingerprint density at radius 2 is 2.14 bits per heavy atom. The zero-order valence-electron chi connectivity index (χ0n) is 11.7. The van der Waals surface area contributed by atoms with Crippen LogP contribution in [0.3, 0.4) is 0 Å². The van der Waals surface area contributed by atoms with Gasteiger partial charge in [0.2, 0.25) is 0 Å². The minimum atomic E-state index is -0.0387. The molecule has 0 saturated carbocycles. The number of pyridine rings is 1. The molecule has 2 heterocycles. The van der Waals surface area contributed by atoms with Crippen LogP contribution >= 0.6 is 22.9 Å². The van der Waals surface area contributed by atoms with E-state index in [2.05, 4.69) is 15.6 Å². The molecule has 1 amide bonds. The van der Waals surface area contributed by atoms with E-state index in [1.54, 1.807) is 6.20 Å². The van der Waals surface area contributed by atoms with Crippen LogP contribution in [-0.4, -0.2) is 24.0 Å². The normalized spacial score (nSPS) is 10.6. The first-order valence-corrected chi connectivity index (χ1v) is 8.09. The van der Waals surface area contributed by atoms with Gasteiger partial charge in [-0.2, -0.15) is 0 Å². The van der Waals surface area contributed by atoms with Gasteiger partial charge in [-0.05, 0) is 35.7 Å². The first kappa shape index (κ1) is 14.8. The molecule has 0 bridgehead atoms. The Hall–Kier alpha value is -2.11. The average molecular weight is 332 g/mol. The van der Waals surface area contributed by atoms with Gasteiger partial charge in [0, 0.05) is 35.4 Å². The van der Waals surface area contributed by atoms with Crippen molar-refractivity contribution in [3.05, 3.63) is 57.9 Å². The zero-order chi connectivity index (χ0) is 15.4. The second-order valence-corrected chi connectivity index (χ2v) is 6.06. The van der Waals surface area contributed by atoms with E-state index < -0.39 is 0 Å². The molecule has 3 rings (SSSR count). The fraction of sp³-hybridized carbons (Fsp3) is 0.125. The number of anilines is 1. The quantitative estimate of drug-likeness (QED) is 0.699. The summed E-state index contributed by atoms with van der Waals surface area (Å²) < 4.78 is 0. The molecule has 0 aliphatic carbocycles. The number of amides is 1. The van der Waals surface area contributed by atoms with Gasteiger partial charge in [-0.3, -0.25) is 9.78 Å². The number of hydrogen-bond acceptors (Lipinski definition) is 4. The van der Waals surface area contributed by atoms with Gasteiger partial charge in [0.15, 0.2) is 0 Å². The Kier molecular flexibility index (Phi) is 4.56. The summed E-state index contributed by atoms with van der Waals surface area (Å²) in [4.78, 5) is 16.8. The molecule has 0 spiro atoms. The standard InChI is InChI=1S/C16H14ClN3OS/c17-11-3-4-12-13(5-6-18-14(12)10-11)19-7-8-20-16(21)15-2-1-9-22-15/h1-6,9-10H,7-8H2,(H,18,19)(H,20,21). The number of nitrogens with one attached hydrogen (secondary N) is 2. The summed E-state index contributed by atoms with van der Waals surface area (Å²) >= 11 is 7.41. The molecule has 0 fully saturated rings. The lowest BCUT2D eigenvalue weighted by Crippen LogP contribution is -2.28. The smallest absolute Gasteiger partial charge is 0.261 e. The predicted octanol–water partition coefficient (Wildman–Crippen LogP) is 3.79. The Morgan fingerprint density at radius 3 is 2.95 bits per heavy atom. The first-order chi connectivity index (χ1) is 10.7. The summed E-state index contributed by atoms with van der Waals surface area (Å²) in [6, 6.07) is 11.2.